The molecule has 14 heavy (non-hydrogen) atoms. The predicted octanol–water partition coefficient (Wildman–Crippen LogP) is 2.72. The first-order valence-electron chi connectivity index (χ1n) is 3.84. The van der Waals surface area contributed by atoms with Gasteiger partial charge in [-0.3, -0.25) is 0 Å². The fraction of sp³-hybridized carbons (Fsp3) is 0. The van der Waals surface area contributed by atoms with E-state index in [0.29, 0.717) is 11.1 Å². The van der Waals surface area contributed by atoms with Gasteiger partial charge in [0.15, 0.2) is 0 Å². The Morgan fingerprint density at radius 1 is 1.43 bits per heavy atom. The van der Waals surface area contributed by atoms with E-state index in [-0.39, 0.29) is 10.9 Å². The molecule has 72 valence electrons. The molecule has 0 saturated heterocycles. The van der Waals surface area contributed by atoms with Gasteiger partial charge in [-0.1, -0.05) is 22.8 Å². The summed E-state index contributed by atoms with van der Waals surface area (Å²) in [6, 6.07) is 4.39. The van der Waals surface area contributed by atoms with Gasteiger partial charge in [-0.05, 0) is 17.7 Å². The molecule has 0 aliphatic carbocycles. The summed E-state index contributed by atoms with van der Waals surface area (Å²) in [5.41, 5.74) is 6.62. The van der Waals surface area contributed by atoms with Crippen LogP contribution in [0, 0.1) is 5.82 Å². The Morgan fingerprint density at radius 2 is 2.21 bits per heavy atom. The van der Waals surface area contributed by atoms with E-state index in [1.807, 2.05) is 0 Å². The smallest absolute Gasteiger partial charge is 0.229 e. The summed E-state index contributed by atoms with van der Waals surface area (Å²) in [6.45, 7) is 0. The lowest BCUT2D eigenvalue weighted by atomic mass is 10.1. The first kappa shape index (κ1) is 9.02. The maximum Gasteiger partial charge on any atom is 0.229 e. The number of nitrogen functional groups attached to an aromatic ring is 1. The molecule has 1 heterocycles. The highest BCUT2D eigenvalue weighted by atomic mass is 35.5. The normalized spacial score (nSPS) is 10.4. The molecular formula is C9H6ClFN2O. The minimum absolute atomic E-state index is 0.0729. The van der Waals surface area contributed by atoms with Crippen LogP contribution in [0.25, 0.3) is 11.1 Å². The highest BCUT2D eigenvalue weighted by Gasteiger charge is 2.08. The monoisotopic (exact) mass is 212 g/mol. The molecule has 3 nitrogen and oxygen atoms in total. The third-order valence-electron chi connectivity index (χ3n) is 1.83. The van der Waals surface area contributed by atoms with Crippen LogP contribution in [0.1, 0.15) is 0 Å². The lowest BCUT2D eigenvalue weighted by molar-refractivity contribution is 0.436. The molecule has 2 aromatic rings. The molecule has 0 amide bonds. The highest BCUT2D eigenvalue weighted by molar-refractivity contribution is 6.30. The number of rotatable bonds is 1. The molecule has 5 heteroatoms. The molecule has 1 aromatic heterocycles. The average molecular weight is 213 g/mol. The molecule has 0 spiro atoms. The van der Waals surface area contributed by atoms with E-state index >= 15 is 0 Å². The zero-order chi connectivity index (χ0) is 10.1. The molecule has 0 aliphatic heterocycles. The van der Waals surface area contributed by atoms with Crippen molar-refractivity contribution in [3.63, 3.8) is 0 Å². The van der Waals surface area contributed by atoms with Crippen molar-refractivity contribution >= 4 is 17.5 Å². The Labute approximate surface area is 84.3 Å². The molecule has 0 radical (unpaired) electrons. The molecule has 2 N–H and O–H groups in total. The van der Waals surface area contributed by atoms with Crippen molar-refractivity contribution in [2.24, 2.45) is 0 Å². The first-order chi connectivity index (χ1) is 6.68. The Hall–Kier alpha value is -1.55. The fourth-order valence-electron chi connectivity index (χ4n) is 1.13. The lowest BCUT2D eigenvalue weighted by Gasteiger charge is -1.99. The van der Waals surface area contributed by atoms with Gasteiger partial charge in [-0.25, -0.2) is 4.39 Å². The molecule has 1 aromatic carbocycles. The van der Waals surface area contributed by atoms with Crippen LogP contribution in [0.4, 0.5) is 10.3 Å². The lowest BCUT2D eigenvalue weighted by Crippen LogP contribution is -1.86. The van der Waals surface area contributed by atoms with Gasteiger partial charge in [0.25, 0.3) is 0 Å². The van der Waals surface area contributed by atoms with E-state index in [9.17, 15) is 4.39 Å². The summed E-state index contributed by atoms with van der Waals surface area (Å²) in [5.74, 6) is -0.337. The van der Waals surface area contributed by atoms with Gasteiger partial charge in [0.1, 0.15) is 5.82 Å². The van der Waals surface area contributed by atoms with Gasteiger partial charge < -0.3 is 10.3 Å². The summed E-state index contributed by atoms with van der Waals surface area (Å²) >= 11 is 5.54. The molecule has 0 unspecified atom stereocenters. The van der Waals surface area contributed by atoms with Gasteiger partial charge in [0.2, 0.25) is 5.88 Å². The van der Waals surface area contributed by atoms with Crippen molar-refractivity contribution in [3.05, 3.63) is 35.2 Å². The number of hydrogen-bond donors (Lipinski definition) is 1. The van der Waals surface area contributed by atoms with E-state index in [1.165, 1.54) is 18.3 Å². The highest BCUT2D eigenvalue weighted by Crippen LogP contribution is 2.27. The van der Waals surface area contributed by atoms with Crippen molar-refractivity contribution in [3.8, 4) is 11.1 Å². The molecule has 2 rings (SSSR count). The van der Waals surface area contributed by atoms with Crippen LogP contribution in [0.2, 0.25) is 5.02 Å². The summed E-state index contributed by atoms with van der Waals surface area (Å²) in [6.07, 6.45) is 1.43. The van der Waals surface area contributed by atoms with Crippen LogP contribution in [0.5, 0.6) is 0 Å². The van der Waals surface area contributed by atoms with Crippen molar-refractivity contribution in [2.75, 3.05) is 5.73 Å². The fourth-order valence-corrected chi connectivity index (χ4v) is 1.25. The largest absolute Gasteiger partial charge is 0.367 e. The molecular weight excluding hydrogens is 207 g/mol. The van der Waals surface area contributed by atoms with Gasteiger partial charge in [-0.15, -0.1) is 0 Å². The number of anilines is 1. The van der Waals surface area contributed by atoms with Gasteiger partial charge >= 0.3 is 0 Å². The quantitative estimate of drug-likeness (QED) is 0.791. The molecule has 0 atom stereocenters. The Kier molecular flexibility index (Phi) is 2.13. The molecule has 0 fully saturated rings. The first-order valence-corrected chi connectivity index (χ1v) is 4.22. The topological polar surface area (TPSA) is 52.0 Å². The van der Waals surface area contributed by atoms with Crippen LogP contribution < -0.4 is 5.73 Å². The second-order valence-electron chi connectivity index (χ2n) is 2.73. The Bertz CT molecular complexity index is 470. The number of nitrogens with zero attached hydrogens (tertiary/aromatic N) is 1. The van der Waals surface area contributed by atoms with Crippen molar-refractivity contribution in [2.45, 2.75) is 0 Å². The third-order valence-corrected chi connectivity index (χ3v) is 2.14. The van der Waals surface area contributed by atoms with Gasteiger partial charge in [0, 0.05) is 0 Å². The SMILES string of the molecule is Nc1oncc1-c1ccc(Cl)c(F)c1. The minimum atomic E-state index is -0.496. The van der Waals surface area contributed by atoms with Crippen LogP contribution in [-0.4, -0.2) is 5.16 Å². The van der Waals surface area contributed by atoms with Gasteiger partial charge in [0.05, 0.1) is 16.8 Å². The molecule has 0 aliphatic rings. The zero-order valence-corrected chi connectivity index (χ0v) is 7.75. The van der Waals surface area contributed by atoms with Crippen molar-refractivity contribution in [1.29, 1.82) is 0 Å². The third kappa shape index (κ3) is 1.44. The van der Waals surface area contributed by atoms with Gasteiger partial charge in [-0.2, -0.15) is 0 Å². The second kappa shape index (κ2) is 3.31. The van der Waals surface area contributed by atoms with E-state index in [0.717, 1.165) is 0 Å². The number of halogens is 2. The Balaban J connectivity index is 2.53. The molecule has 0 saturated carbocycles. The summed E-state index contributed by atoms with van der Waals surface area (Å²) in [5, 5.41) is 3.57. The maximum absolute atomic E-state index is 13.1. The van der Waals surface area contributed by atoms with Crippen molar-refractivity contribution in [1.82, 2.24) is 5.16 Å². The summed E-state index contributed by atoms with van der Waals surface area (Å²) in [4.78, 5) is 0. The molecule has 0 bridgehead atoms. The standard InChI is InChI=1S/C9H6ClFN2O/c10-7-2-1-5(3-8(7)11)6-4-13-14-9(6)12/h1-4H,12H2. The van der Waals surface area contributed by atoms with Crippen LogP contribution in [0.15, 0.2) is 28.9 Å². The number of aromatic nitrogens is 1. The minimum Gasteiger partial charge on any atom is -0.367 e. The van der Waals surface area contributed by atoms with E-state index in [2.05, 4.69) is 9.68 Å². The number of hydrogen-bond acceptors (Lipinski definition) is 3. The maximum atomic E-state index is 13.1. The average Bonchev–Trinajstić information content (AvgIpc) is 2.57. The predicted molar refractivity (Wildman–Crippen MR) is 51.3 cm³/mol. The van der Waals surface area contributed by atoms with E-state index in [4.69, 9.17) is 17.3 Å². The summed E-state index contributed by atoms with van der Waals surface area (Å²) < 4.78 is 17.7. The van der Waals surface area contributed by atoms with Crippen LogP contribution in [-0.2, 0) is 0 Å². The second-order valence-corrected chi connectivity index (χ2v) is 3.14. The van der Waals surface area contributed by atoms with E-state index < -0.39 is 5.82 Å². The van der Waals surface area contributed by atoms with Crippen LogP contribution in [0.3, 0.4) is 0 Å². The Morgan fingerprint density at radius 3 is 2.79 bits per heavy atom. The van der Waals surface area contributed by atoms with E-state index in [1.54, 1.807) is 6.07 Å². The zero-order valence-electron chi connectivity index (χ0n) is 7.00. The summed E-state index contributed by atoms with van der Waals surface area (Å²) in [7, 11) is 0. The van der Waals surface area contributed by atoms with Crippen LogP contribution >= 0.6 is 11.6 Å². The number of benzene rings is 1. The van der Waals surface area contributed by atoms with Crippen molar-refractivity contribution < 1.29 is 8.91 Å². The number of nitrogens with two attached hydrogens (primary N) is 1.